The maximum atomic E-state index is 12.2. The van der Waals surface area contributed by atoms with Crippen LogP contribution in [0.3, 0.4) is 0 Å². The van der Waals surface area contributed by atoms with Crippen molar-refractivity contribution in [3.05, 3.63) is 82.2 Å². The average molecular weight is 405 g/mol. The Morgan fingerprint density at radius 1 is 1.07 bits per heavy atom. The molecule has 4 rings (SSSR count). The molecule has 144 valence electrons. The van der Waals surface area contributed by atoms with E-state index in [1.54, 1.807) is 6.07 Å². The van der Waals surface area contributed by atoms with E-state index < -0.39 is 10.8 Å². The molecule has 0 atom stereocenters. The molecule has 7 nitrogen and oxygen atoms in total. The van der Waals surface area contributed by atoms with E-state index in [-0.39, 0.29) is 18.0 Å². The highest BCUT2D eigenvalue weighted by Crippen LogP contribution is 2.31. The maximum Gasteiger partial charge on any atom is 0.310 e. The molecule has 0 radical (unpaired) electrons. The minimum Gasteiger partial charge on any atom is -0.477 e. The molecule has 1 N–H and O–H groups in total. The predicted octanol–water partition coefficient (Wildman–Crippen LogP) is 4.89. The number of benzene rings is 3. The second kappa shape index (κ2) is 8.07. The molecule has 1 amide bonds. The van der Waals surface area contributed by atoms with E-state index in [4.69, 9.17) is 4.74 Å². The van der Waals surface area contributed by atoms with Gasteiger partial charge in [-0.2, -0.15) is 0 Å². The molecule has 1 aromatic heterocycles. The van der Waals surface area contributed by atoms with Crippen molar-refractivity contribution in [3.8, 4) is 17.0 Å². The zero-order valence-corrected chi connectivity index (χ0v) is 15.9. The number of carbonyl (C=O) groups is 1. The fraction of sp³-hybridized carbons (Fsp3) is 0.0476. The number of nitro benzene ring substituents is 1. The Morgan fingerprint density at radius 3 is 2.69 bits per heavy atom. The van der Waals surface area contributed by atoms with E-state index in [2.05, 4.69) is 10.3 Å². The van der Waals surface area contributed by atoms with E-state index in [0.29, 0.717) is 5.13 Å². The minimum atomic E-state index is -0.551. The molecule has 0 aliphatic rings. The van der Waals surface area contributed by atoms with E-state index >= 15 is 0 Å². The highest BCUT2D eigenvalue weighted by molar-refractivity contribution is 7.14. The first-order valence-electron chi connectivity index (χ1n) is 8.71. The number of hydrogen-bond acceptors (Lipinski definition) is 6. The number of nitrogens with zero attached hydrogens (tertiary/aromatic N) is 2. The first-order valence-corrected chi connectivity index (χ1v) is 9.59. The van der Waals surface area contributed by atoms with Crippen molar-refractivity contribution < 1.29 is 14.5 Å². The van der Waals surface area contributed by atoms with Crippen molar-refractivity contribution in [1.29, 1.82) is 0 Å². The molecule has 29 heavy (non-hydrogen) atoms. The lowest BCUT2D eigenvalue weighted by Gasteiger charge is -2.06. The molecule has 1 heterocycles. The zero-order chi connectivity index (χ0) is 20.2. The summed E-state index contributed by atoms with van der Waals surface area (Å²) >= 11 is 1.30. The van der Waals surface area contributed by atoms with Crippen LogP contribution in [-0.4, -0.2) is 22.4 Å². The summed E-state index contributed by atoms with van der Waals surface area (Å²) in [4.78, 5) is 27.1. The number of aromatic nitrogens is 1. The second-order valence-electron chi connectivity index (χ2n) is 6.13. The number of nitrogens with one attached hydrogen (secondary N) is 1. The van der Waals surface area contributed by atoms with Crippen LogP contribution in [0.15, 0.2) is 72.1 Å². The van der Waals surface area contributed by atoms with Crippen molar-refractivity contribution in [3.63, 3.8) is 0 Å². The molecule has 4 aromatic rings. The van der Waals surface area contributed by atoms with Gasteiger partial charge in [0.15, 0.2) is 17.5 Å². The number of rotatable bonds is 6. The number of ether oxygens (including phenoxy) is 1. The number of hydrogen-bond donors (Lipinski definition) is 1. The molecular weight excluding hydrogens is 390 g/mol. The third-order valence-corrected chi connectivity index (χ3v) is 4.99. The topological polar surface area (TPSA) is 94.4 Å². The number of carbonyl (C=O) groups excluding carboxylic acids is 1. The van der Waals surface area contributed by atoms with Crippen molar-refractivity contribution >= 4 is 38.8 Å². The molecule has 0 spiro atoms. The highest BCUT2D eigenvalue weighted by atomic mass is 32.1. The van der Waals surface area contributed by atoms with Gasteiger partial charge in [-0.3, -0.25) is 20.2 Å². The lowest BCUT2D eigenvalue weighted by molar-refractivity contribution is -0.385. The number of para-hydroxylation sites is 2. The molecule has 0 unspecified atom stereocenters. The molecular formula is C21H15N3O4S. The van der Waals surface area contributed by atoms with E-state index in [9.17, 15) is 14.9 Å². The third kappa shape index (κ3) is 4.07. The Balaban J connectivity index is 1.46. The third-order valence-electron chi connectivity index (χ3n) is 4.24. The van der Waals surface area contributed by atoms with Gasteiger partial charge in [-0.15, -0.1) is 11.3 Å². The molecule has 0 bridgehead atoms. The van der Waals surface area contributed by atoms with Crippen molar-refractivity contribution in [2.75, 3.05) is 11.9 Å². The van der Waals surface area contributed by atoms with Gasteiger partial charge in [0, 0.05) is 17.0 Å². The number of fused-ring (bicyclic) bond motifs is 1. The van der Waals surface area contributed by atoms with E-state index in [1.807, 2.05) is 47.8 Å². The first kappa shape index (κ1) is 18.6. The lowest BCUT2D eigenvalue weighted by Crippen LogP contribution is -2.20. The smallest absolute Gasteiger partial charge is 0.310 e. The SMILES string of the molecule is O=C(COc1ccccc1[N+](=O)[O-])Nc1nc(-c2cccc3ccccc23)cs1. The summed E-state index contributed by atoms with van der Waals surface area (Å²) in [6.45, 7) is -0.353. The summed E-state index contributed by atoms with van der Waals surface area (Å²) in [5.41, 5.74) is 1.56. The summed E-state index contributed by atoms with van der Waals surface area (Å²) in [7, 11) is 0. The van der Waals surface area contributed by atoms with Crippen LogP contribution in [0.25, 0.3) is 22.0 Å². The van der Waals surface area contributed by atoms with Gasteiger partial charge in [0.05, 0.1) is 10.6 Å². The lowest BCUT2D eigenvalue weighted by atomic mass is 10.0. The maximum absolute atomic E-state index is 12.2. The van der Waals surface area contributed by atoms with Gasteiger partial charge in [-0.25, -0.2) is 4.98 Å². The van der Waals surface area contributed by atoms with Crippen LogP contribution in [-0.2, 0) is 4.79 Å². The quantitative estimate of drug-likeness (QED) is 0.364. The van der Waals surface area contributed by atoms with Gasteiger partial charge in [0.2, 0.25) is 0 Å². The van der Waals surface area contributed by atoms with Crippen LogP contribution < -0.4 is 10.1 Å². The normalized spacial score (nSPS) is 10.6. The van der Waals surface area contributed by atoms with Crippen LogP contribution >= 0.6 is 11.3 Å². The standard InChI is InChI=1S/C21H15N3O4S/c25-20(12-28-19-11-4-3-10-18(19)24(26)27)23-21-22-17(13-29-21)16-9-5-7-14-6-1-2-8-15(14)16/h1-11,13H,12H2,(H,22,23,25). The summed E-state index contributed by atoms with van der Waals surface area (Å²) < 4.78 is 5.30. The Morgan fingerprint density at radius 2 is 1.83 bits per heavy atom. The molecule has 3 aromatic carbocycles. The zero-order valence-electron chi connectivity index (χ0n) is 15.1. The van der Waals surface area contributed by atoms with Gasteiger partial charge in [-0.05, 0) is 16.8 Å². The van der Waals surface area contributed by atoms with Crippen molar-refractivity contribution in [2.45, 2.75) is 0 Å². The fourth-order valence-corrected chi connectivity index (χ4v) is 3.66. The Labute approximate surface area is 169 Å². The van der Waals surface area contributed by atoms with Gasteiger partial charge in [0.1, 0.15) is 0 Å². The molecule has 0 aliphatic carbocycles. The average Bonchev–Trinajstić information content (AvgIpc) is 3.20. The number of thiazole rings is 1. The molecule has 0 saturated carbocycles. The minimum absolute atomic E-state index is 0.0447. The molecule has 0 aliphatic heterocycles. The monoisotopic (exact) mass is 405 g/mol. The number of nitro groups is 1. The summed E-state index contributed by atoms with van der Waals surface area (Å²) in [5, 5.41) is 18.2. The van der Waals surface area contributed by atoms with Gasteiger partial charge >= 0.3 is 5.69 Å². The fourth-order valence-electron chi connectivity index (χ4n) is 2.93. The summed E-state index contributed by atoms with van der Waals surface area (Å²) in [6.07, 6.45) is 0. The van der Waals surface area contributed by atoms with Crippen LogP contribution in [0.2, 0.25) is 0 Å². The highest BCUT2D eigenvalue weighted by Gasteiger charge is 2.16. The van der Waals surface area contributed by atoms with Crippen molar-refractivity contribution in [2.24, 2.45) is 0 Å². The summed E-state index contributed by atoms with van der Waals surface area (Å²) in [6, 6.07) is 19.9. The van der Waals surface area contributed by atoms with Gasteiger partial charge < -0.3 is 4.74 Å². The van der Waals surface area contributed by atoms with Crippen LogP contribution in [0.5, 0.6) is 5.75 Å². The van der Waals surface area contributed by atoms with Crippen LogP contribution in [0.1, 0.15) is 0 Å². The van der Waals surface area contributed by atoms with Gasteiger partial charge in [0.25, 0.3) is 5.91 Å². The largest absolute Gasteiger partial charge is 0.477 e. The van der Waals surface area contributed by atoms with E-state index in [0.717, 1.165) is 22.0 Å². The van der Waals surface area contributed by atoms with Crippen molar-refractivity contribution in [1.82, 2.24) is 4.98 Å². The van der Waals surface area contributed by atoms with E-state index in [1.165, 1.54) is 29.5 Å². The Kier molecular flexibility index (Phi) is 5.17. The number of anilines is 1. The van der Waals surface area contributed by atoms with Crippen LogP contribution in [0, 0.1) is 10.1 Å². The molecule has 8 heteroatoms. The van der Waals surface area contributed by atoms with Crippen LogP contribution in [0.4, 0.5) is 10.8 Å². The molecule has 0 saturated heterocycles. The first-order chi connectivity index (χ1) is 14.1. The second-order valence-corrected chi connectivity index (χ2v) is 6.98. The Hall–Kier alpha value is -3.78. The Bertz CT molecular complexity index is 1200. The van der Waals surface area contributed by atoms with Gasteiger partial charge in [-0.1, -0.05) is 54.6 Å². The molecule has 0 fully saturated rings. The predicted molar refractivity (Wildman–Crippen MR) is 112 cm³/mol. The number of amides is 1. The summed E-state index contributed by atoms with van der Waals surface area (Å²) in [5.74, 6) is -0.398.